The van der Waals surface area contributed by atoms with Crippen LogP contribution in [0.3, 0.4) is 0 Å². The van der Waals surface area contributed by atoms with E-state index < -0.39 is 11.7 Å². The average molecular weight is 269 g/mol. The van der Waals surface area contributed by atoms with Gasteiger partial charge in [-0.1, -0.05) is 12.1 Å². The predicted octanol–water partition coefficient (Wildman–Crippen LogP) is 2.90. The minimum atomic E-state index is -4.36. The Balaban J connectivity index is 2.10. The summed E-state index contributed by atoms with van der Waals surface area (Å²) in [6, 6.07) is 4.52. The number of benzene rings is 1. The summed E-state index contributed by atoms with van der Waals surface area (Å²) in [6.07, 6.45) is -0.227. The van der Waals surface area contributed by atoms with Crippen molar-refractivity contribution in [1.82, 2.24) is 14.8 Å². The molecule has 2 aromatic rings. The summed E-state index contributed by atoms with van der Waals surface area (Å²) in [5.74, 6) is -0.0229. The molecule has 0 saturated carbocycles. The number of nitrogens with zero attached hydrogens (tertiary/aromatic N) is 3. The zero-order valence-corrected chi connectivity index (χ0v) is 9.67. The molecular weight excluding hydrogens is 259 g/mol. The number of hydrogen-bond donors (Lipinski definition) is 1. The van der Waals surface area contributed by atoms with Gasteiger partial charge in [0.15, 0.2) is 0 Å². The van der Waals surface area contributed by atoms with Crippen LogP contribution in [0.5, 0.6) is 0 Å². The van der Waals surface area contributed by atoms with Gasteiger partial charge in [-0.05, 0) is 23.8 Å². The molecule has 1 aromatic heterocycles. The number of aromatic nitrogens is 3. The normalized spacial score (nSPS) is 12.7. The van der Waals surface area contributed by atoms with Gasteiger partial charge in [0.05, 0.1) is 12.1 Å². The van der Waals surface area contributed by atoms with E-state index in [9.17, 15) is 18.3 Å². The number of aliphatic hydroxyl groups excluding tert-OH is 1. The van der Waals surface area contributed by atoms with Crippen LogP contribution < -0.4 is 0 Å². The molecule has 0 spiro atoms. The third kappa shape index (κ3) is 3.57. The molecule has 2 rings (SSSR count). The van der Waals surface area contributed by atoms with Gasteiger partial charge in [-0.2, -0.15) is 18.3 Å². The number of hydrogen-bond acceptors (Lipinski definition) is 3. The summed E-state index contributed by atoms with van der Waals surface area (Å²) in [6.45, 7) is 0.112. The lowest BCUT2D eigenvalue weighted by Crippen LogP contribution is -2.04. The molecule has 0 atom stereocenters. The molecule has 1 aromatic carbocycles. The lowest BCUT2D eigenvalue weighted by atomic mass is 10.1. The smallest absolute Gasteiger partial charge is 0.416 e. The van der Waals surface area contributed by atoms with Crippen molar-refractivity contribution in [3.63, 3.8) is 0 Å². The molecule has 0 bridgehead atoms. The Morgan fingerprint density at radius 3 is 2.47 bits per heavy atom. The Morgan fingerprint density at radius 1 is 1.26 bits per heavy atom. The van der Waals surface area contributed by atoms with Gasteiger partial charge in [-0.3, -0.25) is 0 Å². The maximum absolute atomic E-state index is 12.4. The highest BCUT2D eigenvalue weighted by Gasteiger charge is 2.29. The van der Waals surface area contributed by atoms with Crippen molar-refractivity contribution in [1.29, 1.82) is 0 Å². The second-order valence-electron chi connectivity index (χ2n) is 3.85. The van der Waals surface area contributed by atoms with E-state index in [1.54, 1.807) is 0 Å². The number of halogens is 3. The molecule has 7 heteroatoms. The molecule has 0 fully saturated rings. The molecule has 4 nitrogen and oxygen atoms in total. The Kier molecular flexibility index (Phi) is 3.55. The van der Waals surface area contributed by atoms with Crippen LogP contribution in [0.15, 0.2) is 42.7 Å². The lowest BCUT2D eigenvalue weighted by molar-refractivity contribution is -0.137. The van der Waals surface area contributed by atoms with Gasteiger partial charge in [0.2, 0.25) is 0 Å². The lowest BCUT2D eigenvalue weighted by Gasteiger charge is -2.06. The molecular formula is C12H10F3N3O. The number of allylic oxidation sites excluding steroid dienone is 1. The summed E-state index contributed by atoms with van der Waals surface area (Å²) in [7, 11) is 0. The number of rotatable bonds is 3. The van der Waals surface area contributed by atoms with E-state index in [-0.39, 0.29) is 12.3 Å². The molecule has 1 N–H and O–H groups in total. The van der Waals surface area contributed by atoms with Gasteiger partial charge < -0.3 is 5.11 Å². The standard InChI is InChI=1S/C12H10F3N3O/c13-12(14,15)10-3-1-9(2-4-10)5-11(19)6-18-8-16-7-17-18/h1-5,7-8,19H,6H2. The van der Waals surface area contributed by atoms with E-state index in [0.29, 0.717) is 5.56 Å². The third-order valence-corrected chi connectivity index (χ3v) is 2.36. The maximum atomic E-state index is 12.4. The summed E-state index contributed by atoms with van der Waals surface area (Å²) >= 11 is 0. The van der Waals surface area contributed by atoms with Gasteiger partial charge in [0.25, 0.3) is 0 Å². The quantitative estimate of drug-likeness (QED) is 0.872. The fraction of sp³-hybridized carbons (Fsp3) is 0.167. The van der Waals surface area contributed by atoms with Crippen molar-refractivity contribution in [3.8, 4) is 0 Å². The molecule has 19 heavy (non-hydrogen) atoms. The molecule has 100 valence electrons. The van der Waals surface area contributed by atoms with Crippen molar-refractivity contribution in [2.24, 2.45) is 0 Å². The summed E-state index contributed by atoms with van der Waals surface area (Å²) in [4.78, 5) is 3.71. The Bertz CT molecular complexity index is 559. The van der Waals surface area contributed by atoms with Gasteiger partial charge in [0, 0.05) is 0 Å². The van der Waals surface area contributed by atoms with Crippen LogP contribution in [0.1, 0.15) is 11.1 Å². The topological polar surface area (TPSA) is 50.9 Å². The minimum Gasteiger partial charge on any atom is -0.510 e. The average Bonchev–Trinajstić information content (AvgIpc) is 2.81. The van der Waals surface area contributed by atoms with E-state index in [2.05, 4.69) is 10.1 Å². The fourth-order valence-electron chi connectivity index (χ4n) is 1.49. The van der Waals surface area contributed by atoms with Crippen LogP contribution in [-0.2, 0) is 12.7 Å². The van der Waals surface area contributed by atoms with Crippen LogP contribution in [0, 0.1) is 0 Å². The maximum Gasteiger partial charge on any atom is 0.416 e. The summed E-state index contributed by atoms with van der Waals surface area (Å²) in [5, 5.41) is 13.5. The van der Waals surface area contributed by atoms with Crippen LogP contribution >= 0.6 is 0 Å². The van der Waals surface area contributed by atoms with Crippen molar-refractivity contribution in [3.05, 3.63) is 53.8 Å². The Morgan fingerprint density at radius 2 is 1.95 bits per heavy atom. The highest BCUT2D eigenvalue weighted by Crippen LogP contribution is 2.29. The van der Waals surface area contributed by atoms with Crippen molar-refractivity contribution < 1.29 is 18.3 Å². The number of aliphatic hydroxyl groups is 1. The van der Waals surface area contributed by atoms with E-state index >= 15 is 0 Å². The highest BCUT2D eigenvalue weighted by atomic mass is 19.4. The Hall–Kier alpha value is -2.31. The van der Waals surface area contributed by atoms with Crippen molar-refractivity contribution >= 4 is 6.08 Å². The van der Waals surface area contributed by atoms with Gasteiger partial charge >= 0.3 is 6.18 Å². The largest absolute Gasteiger partial charge is 0.510 e. The first-order valence-electron chi connectivity index (χ1n) is 5.34. The first-order valence-corrected chi connectivity index (χ1v) is 5.34. The van der Waals surface area contributed by atoms with Gasteiger partial charge in [0.1, 0.15) is 18.4 Å². The zero-order chi connectivity index (χ0) is 13.9. The molecule has 1 heterocycles. The van der Waals surface area contributed by atoms with Crippen LogP contribution in [0.25, 0.3) is 6.08 Å². The summed E-state index contributed by atoms with van der Waals surface area (Å²) in [5.41, 5.74) is -0.244. The predicted molar refractivity (Wildman–Crippen MR) is 62.1 cm³/mol. The molecule has 0 aliphatic carbocycles. The third-order valence-electron chi connectivity index (χ3n) is 2.36. The van der Waals surface area contributed by atoms with E-state index in [0.717, 1.165) is 12.1 Å². The molecule has 0 saturated heterocycles. The van der Waals surface area contributed by atoms with E-state index in [1.807, 2.05) is 0 Å². The molecule has 0 unspecified atom stereocenters. The van der Waals surface area contributed by atoms with Crippen LogP contribution in [0.4, 0.5) is 13.2 Å². The van der Waals surface area contributed by atoms with Crippen molar-refractivity contribution in [2.45, 2.75) is 12.7 Å². The highest BCUT2D eigenvalue weighted by molar-refractivity contribution is 5.51. The van der Waals surface area contributed by atoms with Gasteiger partial charge in [-0.15, -0.1) is 0 Å². The van der Waals surface area contributed by atoms with E-state index in [1.165, 1.54) is 35.5 Å². The van der Waals surface area contributed by atoms with E-state index in [4.69, 9.17) is 0 Å². The first kappa shape index (κ1) is 13.1. The molecule has 0 aliphatic heterocycles. The summed E-state index contributed by atoms with van der Waals surface area (Å²) < 4.78 is 38.5. The van der Waals surface area contributed by atoms with Crippen LogP contribution in [0.2, 0.25) is 0 Å². The van der Waals surface area contributed by atoms with Gasteiger partial charge in [-0.25, -0.2) is 9.67 Å². The minimum absolute atomic E-state index is 0.0229. The molecule has 0 amide bonds. The first-order chi connectivity index (χ1) is 8.95. The number of alkyl halides is 3. The molecule has 0 aliphatic rings. The monoisotopic (exact) mass is 269 g/mol. The zero-order valence-electron chi connectivity index (χ0n) is 9.67. The SMILES string of the molecule is OC(=Cc1ccc(C(F)(F)F)cc1)Cn1cncn1. The fourth-order valence-corrected chi connectivity index (χ4v) is 1.49. The van der Waals surface area contributed by atoms with Crippen LogP contribution in [-0.4, -0.2) is 19.9 Å². The van der Waals surface area contributed by atoms with Crippen molar-refractivity contribution in [2.75, 3.05) is 0 Å². The second-order valence-corrected chi connectivity index (χ2v) is 3.85. The molecule has 0 radical (unpaired) electrons. The Labute approximate surface area is 106 Å². The second kappa shape index (κ2) is 5.13.